The maximum Gasteiger partial charge on any atom is 1.00 e. The van der Waals surface area contributed by atoms with E-state index < -0.39 is 24.9 Å². The molecule has 0 aromatic heterocycles. The summed E-state index contributed by atoms with van der Waals surface area (Å²) in [5.41, 5.74) is -0.258. The van der Waals surface area contributed by atoms with Crippen molar-refractivity contribution in [2.45, 2.75) is 6.32 Å². The first-order chi connectivity index (χ1) is 5.88. The molecule has 0 N–H and O–H groups in total. The molecule has 72 valence electrons. The van der Waals surface area contributed by atoms with Crippen molar-refractivity contribution in [1.82, 2.24) is 0 Å². The van der Waals surface area contributed by atoms with Crippen molar-refractivity contribution in [2.24, 2.45) is 0 Å². The molecular formula is C7H5BF5K. The van der Waals surface area contributed by atoms with Crippen molar-refractivity contribution < 1.29 is 73.1 Å². The summed E-state index contributed by atoms with van der Waals surface area (Å²) in [4.78, 5) is 0. The van der Waals surface area contributed by atoms with E-state index >= 15 is 0 Å². The molecule has 0 atom stereocenters. The summed E-state index contributed by atoms with van der Waals surface area (Å²) in [6.07, 6.45) is -1.18. The first kappa shape index (κ1) is 14.6. The van der Waals surface area contributed by atoms with Crippen LogP contribution in [0.15, 0.2) is 18.2 Å². The molecule has 0 saturated heterocycles. The molecule has 1 aromatic rings. The van der Waals surface area contributed by atoms with Crippen LogP contribution >= 0.6 is 0 Å². The van der Waals surface area contributed by atoms with Gasteiger partial charge >= 0.3 is 58.4 Å². The molecule has 0 unspecified atom stereocenters. The number of hydrogen-bond donors (Lipinski definition) is 0. The largest absolute Gasteiger partial charge is 1.00 e. The number of rotatable bonds is 2. The Morgan fingerprint density at radius 3 is 2.00 bits per heavy atom. The summed E-state index contributed by atoms with van der Waals surface area (Å²) in [6.45, 7) is -5.00. The topological polar surface area (TPSA) is 0 Å². The Bertz CT molecular complexity index is 311. The van der Waals surface area contributed by atoms with E-state index in [2.05, 4.69) is 0 Å². The van der Waals surface area contributed by atoms with Crippen LogP contribution in [0.1, 0.15) is 5.56 Å². The minimum atomic E-state index is -5.00. The Morgan fingerprint density at radius 2 is 1.57 bits per heavy atom. The fourth-order valence-corrected chi connectivity index (χ4v) is 0.934. The molecular weight excluding hydrogens is 229 g/mol. The molecule has 0 heterocycles. The summed E-state index contributed by atoms with van der Waals surface area (Å²) in [5, 5.41) is 0. The van der Waals surface area contributed by atoms with Crippen molar-refractivity contribution in [3.05, 3.63) is 35.4 Å². The molecule has 0 fully saturated rings. The quantitative estimate of drug-likeness (QED) is 0.495. The fraction of sp³-hybridized carbons (Fsp3) is 0.143. The minimum absolute atomic E-state index is 0. The normalized spacial score (nSPS) is 10.9. The zero-order valence-electron chi connectivity index (χ0n) is 7.41. The van der Waals surface area contributed by atoms with E-state index in [9.17, 15) is 21.7 Å². The molecule has 0 spiro atoms. The van der Waals surface area contributed by atoms with E-state index in [0.29, 0.717) is 12.1 Å². The van der Waals surface area contributed by atoms with Gasteiger partial charge in [-0.1, -0.05) is 17.9 Å². The van der Waals surface area contributed by atoms with Crippen LogP contribution in [0.4, 0.5) is 21.7 Å². The third-order valence-corrected chi connectivity index (χ3v) is 1.45. The molecule has 1 aromatic carbocycles. The average molecular weight is 234 g/mol. The van der Waals surface area contributed by atoms with Crippen LogP contribution < -0.4 is 51.4 Å². The summed E-state index contributed by atoms with van der Waals surface area (Å²) < 4.78 is 60.2. The van der Waals surface area contributed by atoms with Crippen molar-refractivity contribution >= 4 is 6.98 Å². The monoisotopic (exact) mass is 234 g/mol. The van der Waals surface area contributed by atoms with Crippen LogP contribution in [0.25, 0.3) is 0 Å². The summed E-state index contributed by atoms with van der Waals surface area (Å²) in [7, 11) is 0. The van der Waals surface area contributed by atoms with Gasteiger partial charge in [0.1, 0.15) is 0 Å². The van der Waals surface area contributed by atoms with Crippen LogP contribution in [-0.2, 0) is 6.32 Å². The SMILES string of the molecule is Fc1ccc(C[B-](F)(F)F)cc1F.[K+]. The van der Waals surface area contributed by atoms with Crippen LogP contribution in [0.5, 0.6) is 0 Å². The first-order valence-electron chi connectivity index (χ1n) is 3.53. The van der Waals surface area contributed by atoms with Crippen LogP contribution in [0, 0.1) is 11.6 Å². The molecule has 1 rings (SSSR count). The van der Waals surface area contributed by atoms with Crippen LogP contribution in [-0.4, -0.2) is 6.98 Å². The smallest absolute Gasteiger partial charge is 0.449 e. The molecule has 0 saturated carbocycles. The van der Waals surface area contributed by atoms with Crippen molar-refractivity contribution in [1.29, 1.82) is 0 Å². The van der Waals surface area contributed by atoms with Gasteiger partial charge in [-0.2, -0.15) is 0 Å². The number of hydrogen-bond acceptors (Lipinski definition) is 0. The third kappa shape index (κ3) is 4.88. The Hall–Kier alpha value is 0.571. The van der Waals surface area contributed by atoms with E-state index in [1.807, 2.05) is 0 Å². The minimum Gasteiger partial charge on any atom is -0.449 e. The second-order valence-corrected chi connectivity index (χ2v) is 2.66. The molecule has 0 aliphatic carbocycles. The number of benzene rings is 1. The molecule has 0 nitrogen and oxygen atoms in total. The zero-order chi connectivity index (χ0) is 10.1. The van der Waals surface area contributed by atoms with Gasteiger partial charge in [0.05, 0.1) is 0 Å². The average Bonchev–Trinajstić information content (AvgIpc) is 1.94. The fourth-order valence-electron chi connectivity index (χ4n) is 0.934. The number of halogens is 5. The molecule has 0 radical (unpaired) electrons. The van der Waals surface area contributed by atoms with E-state index in [-0.39, 0.29) is 56.9 Å². The Balaban J connectivity index is 0.00000169. The Morgan fingerprint density at radius 1 is 1.00 bits per heavy atom. The van der Waals surface area contributed by atoms with Crippen molar-refractivity contribution in [3.8, 4) is 0 Å². The molecule has 14 heavy (non-hydrogen) atoms. The van der Waals surface area contributed by atoms with Gasteiger partial charge in [0.15, 0.2) is 11.6 Å². The Kier molecular flexibility index (Phi) is 5.83. The second kappa shape index (κ2) is 5.60. The summed E-state index contributed by atoms with van der Waals surface area (Å²) in [6, 6.07) is 2.17. The van der Waals surface area contributed by atoms with Crippen molar-refractivity contribution in [3.63, 3.8) is 0 Å². The van der Waals surface area contributed by atoms with Gasteiger partial charge in [-0.05, 0) is 12.1 Å². The van der Waals surface area contributed by atoms with Gasteiger partial charge in [0.25, 0.3) is 0 Å². The zero-order valence-corrected chi connectivity index (χ0v) is 10.5. The standard InChI is InChI=1S/C7H5BF5.K/c9-6-2-1-5(3-7(6)10)4-8(11,12)13;/h1-3H,4H2;/q-1;+1. The third-order valence-electron chi connectivity index (χ3n) is 1.45. The molecule has 0 aliphatic heterocycles. The van der Waals surface area contributed by atoms with Gasteiger partial charge < -0.3 is 12.9 Å². The maximum absolute atomic E-state index is 12.4. The summed E-state index contributed by atoms with van der Waals surface area (Å²) in [5.74, 6) is -2.39. The van der Waals surface area contributed by atoms with Crippen LogP contribution in [0.3, 0.4) is 0 Å². The molecule has 7 heteroatoms. The molecule has 0 amide bonds. The molecule has 0 aliphatic rings. The van der Waals surface area contributed by atoms with Gasteiger partial charge in [-0.3, -0.25) is 0 Å². The van der Waals surface area contributed by atoms with Crippen LogP contribution in [0.2, 0.25) is 0 Å². The Labute approximate surface area is 120 Å². The van der Waals surface area contributed by atoms with Gasteiger partial charge in [-0.15, -0.1) is 0 Å². The molecule has 0 bridgehead atoms. The van der Waals surface area contributed by atoms with Crippen molar-refractivity contribution in [2.75, 3.05) is 0 Å². The summed E-state index contributed by atoms with van der Waals surface area (Å²) >= 11 is 0. The van der Waals surface area contributed by atoms with Gasteiger partial charge in [0.2, 0.25) is 0 Å². The first-order valence-corrected chi connectivity index (χ1v) is 3.53. The van der Waals surface area contributed by atoms with Gasteiger partial charge in [0, 0.05) is 0 Å². The predicted molar refractivity (Wildman–Crippen MR) is 39.1 cm³/mol. The van der Waals surface area contributed by atoms with E-state index in [1.54, 1.807) is 0 Å². The maximum atomic E-state index is 12.4. The van der Waals surface area contributed by atoms with E-state index in [4.69, 9.17) is 0 Å². The van der Waals surface area contributed by atoms with E-state index in [0.717, 1.165) is 6.07 Å². The van der Waals surface area contributed by atoms with Gasteiger partial charge in [-0.25, -0.2) is 8.78 Å². The van der Waals surface area contributed by atoms with E-state index in [1.165, 1.54) is 0 Å². The second-order valence-electron chi connectivity index (χ2n) is 2.66. The predicted octanol–water partition coefficient (Wildman–Crippen LogP) is -0.102.